The SMILES string of the molecule is CCN1CCC(N(C)S(=O)(=O)c2cccc(S(C)(=O)=O)c2)CC1. The molecule has 0 atom stereocenters. The molecule has 0 aliphatic carbocycles. The summed E-state index contributed by atoms with van der Waals surface area (Å²) in [6.07, 6.45) is 2.65. The lowest BCUT2D eigenvalue weighted by atomic mass is 10.1. The van der Waals surface area contributed by atoms with E-state index in [-0.39, 0.29) is 15.8 Å². The van der Waals surface area contributed by atoms with Gasteiger partial charge in [0.25, 0.3) is 0 Å². The van der Waals surface area contributed by atoms with Crippen LogP contribution in [-0.2, 0) is 19.9 Å². The number of sulfone groups is 1. The normalized spacial score (nSPS) is 18.4. The maximum Gasteiger partial charge on any atom is 0.243 e. The van der Waals surface area contributed by atoms with Crippen molar-refractivity contribution in [2.75, 3.05) is 32.9 Å². The Morgan fingerprint density at radius 1 is 1.13 bits per heavy atom. The van der Waals surface area contributed by atoms with Crippen LogP contribution in [0.2, 0.25) is 0 Å². The molecule has 6 nitrogen and oxygen atoms in total. The third kappa shape index (κ3) is 4.12. The minimum absolute atomic E-state index is 0.0211. The highest BCUT2D eigenvalue weighted by Gasteiger charge is 2.31. The number of nitrogens with zero attached hydrogens (tertiary/aromatic N) is 2. The molecule has 1 aromatic carbocycles. The average Bonchev–Trinajstić information content (AvgIpc) is 2.53. The second-order valence-electron chi connectivity index (χ2n) is 5.93. The van der Waals surface area contributed by atoms with Crippen molar-refractivity contribution < 1.29 is 16.8 Å². The fraction of sp³-hybridized carbons (Fsp3) is 0.600. The number of piperidine rings is 1. The second-order valence-corrected chi connectivity index (χ2v) is 9.95. The zero-order valence-electron chi connectivity index (χ0n) is 13.8. The lowest BCUT2D eigenvalue weighted by molar-refractivity contribution is 0.176. The van der Waals surface area contributed by atoms with E-state index in [2.05, 4.69) is 11.8 Å². The van der Waals surface area contributed by atoms with E-state index in [1.807, 2.05) is 0 Å². The fourth-order valence-electron chi connectivity index (χ4n) is 2.83. The number of likely N-dealkylation sites (tertiary alicyclic amines) is 1. The second kappa shape index (κ2) is 6.88. The number of hydrogen-bond donors (Lipinski definition) is 0. The molecule has 0 unspecified atom stereocenters. The molecular weight excluding hydrogens is 336 g/mol. The summed E-state index contributed by atoms with van der Waals surface area (Å²) in [5.74, 6) is 0. The van der Waals surface area contributed by atoms with Gasteiger partial charge in [0.05, 0.1) is 9.79 Å². The topological polar surface area (TPSA) is 74.8 Å². The van der Waals surface area contributed by atoms with E-state index in [1.54, 1.807) is 7.05 Å². The Bertz CT molecular complexity index is 751. The summed E-state index contributed by atoms with van der Waals surface area (Å²) in [5.41, 5.74) is 0. The van der Waals surface area contributed by atoms with Crippen molar-refractivity contribution in [1.29, 1.82) is 0 Å². The first-order valence-electron chi connectivity index (χ1n) is 7.66. The Labute approximate surface area is 139 Å². The van der Waals surface area contributed by atoms with E-state index >= 15 is 0 Å². The molecule has 0 saturated carbocycles. The number of sulfonamides is 1. The molecule has 2 rings (SSSR count). The van der Waals surface area contributed by atoms with Gasteiger partial charge in [-0.25, -0.2) is 16.8 Å². The summed E-state index contributed by atoms with van der Waals surface area (Å²) in [7, 11) is -5.55. The van der Waals surface area contributed by atoms with Crippen LogP contribution in [0.15, 0.2) is 34.1 Å². The van der Waals surface area contributed by atoms with Crippen molar-refractivity contribution in [2.45, 2.75) is 35.6 Å². The molecule has 23 heavy (non-hydrogen) atoms. The zero-order chi connectivity index (χ0) is 17.3. The lowest BCUT2D eigenvalue weighted by Crippen LogP contribution is -2.45. The molecule has 130 valence electrons. The molecule has 0 aromatic heterocycles. The van der Waals surface area contributed by atoms with Crippen LogP contribution < -0.4 is 0 Å². The van der Waals surface area contributed by atoms with Gasteiger partial charge in [-0.3, -0.25) is 0 Å². The Balaban J connectivity index is 2.25. The predicted molar refractivity (Wildman–Crippen MR) is 89.6 cm³/mol. The number of hydrogen-bond acceptors (Lipinski definition) is 5. The molecule has 0 radical (unpaired) electrons. The van der Waals surface area contributed by atoms with Crippen molar-refractivity contribution in [2.24, 2.45) is 0 Å². The third-order valence-corrected chi connectivity index (χ3v) is 7.45. The van der Waals surface area contributed by atoms with E-state index in [0.29, 0.717) is 0 Å². The predicted octanol–water partition coefficient (Wildman–Crippen LogP) is 1.19. The maximum atomic E-state index is 12.8. The lowest BCUT2D eigenvalue weighted by Gasteiger charge is -2.35. The van der Waals surface area contributed by atoms with Crippen LogP contribution in [-0.4, -0.2) is 65.0 Å². The molecule has 1 fully saturated rings. The summed E-state index contributed by atoms with van der Waals surface area (Å²) in [4.78, 5) is 2.34. The van der Waals surface area contributed by atoms with E-state index in [4.69, 9.17) is 0 Å². The summed E-state index contributed by atoms with van der Waals surface area (Å²) in [6, 6.07) is 5.51. The summed E-state index contributed by atoms with van der Waals surface area (Å²) < 4.78 is 50.2. The smallest absolute Gasteiger partial charge is 0.243 e. The Kier molecular flexibility index (Phi) is 5.50. The highest BCUT2D eigenvalue weighted by Crippen LogP contribution is 2.24. The van der Waals surface area contributed by atoms with Crippen molar-refractivity contribution in [3.05, 3.63) is 24.3 Å². The van der Waals surface area contributed by atoms with Crippen LogP contribution in [0, 0.1) is 0 Å². The average molecular weight is 361 g/mol. The van der Waals surface area contributed by atoms with Gasteiger partial charge >= 0.3 is 0 Å². The zero-order valence-corrected chi connectivity index (χ0v) is 15.4. The van der Waals surface area contributed by atoms with Gasteiger partial charge in [0.2, 0.25) is 10.0 Å². The molecule has 1 aliphatic rings. The van der Waals surface area contributed by atoms with Crippen LogP contribution in [0.3, 0.4) is 0 Å². The van der Waals surface area contributed by atoms with Gasteiger partial charge in [-0.15, -0.1) is 0 Å². The summed E-state index contributed by atoms with van der Waals surface area (Å²) >= 11 is 0. The molecule has 0 N–H and O–H groups in total. The highest BCUT2D eigenvalue weighted by molar-refractivity contribution is 7.91. The summed E-state index contributed by atoms with van der Waals surface area (Å²) in [5, 5.41) is 0. The molecular formula is C15H24N2O4S2. The highest BCUT2D eigenvalue weighted by atomic mass is 32.2. The molecule has 0 amide bonds. The first kappa shape index (κ1) is 18.4. The van der Waals surface area contributed by atoms with Crippen LogP contribution in [0.5, 0.6) is 0 Å². The number of benzene rings is 1. The minimum Gasteiger partial charge on any atom is -0.303 e. The van der Waals surface area contributed by atoms with Gasteiger partial charge in [0.15, 0.2) is 9.84 Å². The van der Waals surface area contributed by atoms with Gasteiger partial charge in [0, 0.05) is 19.3 Å². The van der Waals surface area contributed by atoms with Crippen LogP contribution >= 0.6 is 0 Å². The number of rotatable bonds is 5. The minimum atomic E-state index is -3.70. The largest absolute Gasteiger partial charge is 0.303 e. The molecule has 0 bridgehead atoms. The Morgan fingerprint density at radius 2 is 1.70 bits per heavy atom. The van der Waals surface area contributed by atoms with E-state index in [9.17, 15) is 16.8 Å². The quantitative estimate of drug-likeness (QED) is 0.789. The molecule has 0 spiro atoms. The van der Waals surface area contributed by atoms with Gasteiger partial charge in [-0.1, -0.05) is 13.0 Å². The van der Waals surface area contributed by atoms with Gasteiger partial charge in [-0.05, 0) is 50.7 Å². The molecule has 1 saturated heterocycles. The molecule has 1 aliphatic heterocycles. The van der Waals surface area contributed by atoms with Crippen molar-refractivity contribution in [3.63, 3.8) is 0 Å². The fourth-order valence-corrected chi connectivity index (χ4v) is 5.03. The van der Waals surface area contributed by atoms with E-state index in [1.165, 1.54) is 28.6 Å². The summed E-state index contributed by atoms with van der Waals surface area (Å²) in [6.45, 7) is 4.83. The van der Waals surface area contributed by atoms with Crippen LogP contribution in [0.25, 0.3) is 0 Å². The van der Waals surface area contributed by atoms with Gasteiger partial charge in [0.1, 0.15) is 0 Å². The van der Waals surface area contributed by atoms with Crippen molar-refractivity contribution in [3.8, 4) is 0 Å². The van der Waals surface area contributed by atoms with Gasteiger partial charge in [-0.2, -0.15) is 4.31 Å². The molecule has 8 heteroatoms. The van der Waals surface area contributed by atoms with E-state index in [0.717, 1.165) is 38.7 Å². The van der Waals surface area contributed by atoms with Crippen LogP contribution in [0.4, 0.5) is 0 Å². The molecule has 1 heterocycles. The maximum absolute atomic E-state index is 12.8. The molecule has 1 aromatic rings. The van der Waals surface area contributed by atoms with Gasteiger partial charge < -0.3 is 4.90 Å². The standard InChI is InChI=1S/C15H24N2O4S2/c1-4-17-10-8-13(9-11-17)16(2)23(20,21)15-7-5-6-14(12-15)22(3,18)19/h5-7,12-13H,4,8-11H2,1-3H3. The first-order chi connectivity index (χ1) is 10.7. The third-order valence-electron chi connectivity index (χ3n) is 4.43. The van der Waals surface area contributed by atoms with E-state index < -0.39 is 19.9 Å². The first-order valence-corrected chi connectivity index (χ1v) is 11.0. The monoisotopic (exact) mass is 360 g/mol. The van der Waals surface area contributed by atoms with Crippen molar-refractivity contribution in [1.82, 2.24) is 9.21 Å². The Hall–Kier alpha value is -0.960. The van der Waals surface area contributed by atoms with Crippen molar-refractivity contribution >= 4 is 19.9 Å². The van der Waals surface area contributed by atoms with Crippen LogP contribution in [0.1, 0.15) is 19.8 Å². The Morgan fingerprint density at radius 3 is 2.22 bits per heavy atom.